The highest BCUT2D eigenvalue weighted by Crippen LogP contribution is 2.12. The van der Waals surface area contributed by atoms with E-state index in [9.17, 15) is 15.2 Å². The topological polar surface area (TPSA) is 123 Å². The highest BCUT2D eigenvalue weighted by atomic mass is 16.5. The molecule has 0 spiro atoms. The molecule has 0 bridgehead atoms. The summed E-state index contributed by atoms with van der Waals surface area (Å²) < 4.78 is 0.731. The Morgan fingerprint density at radius 3 is 2.62 bits per heavy atom. The van der Waals surface area contributed by atoms with Crippen molar-refractivity contribution in [3.8, 4) is 0 Å². The van der Waals surface area contributed by atoms with Crippen LogP contribution in [0.3, 0.4) is 0 Å². The number of primary amides is 1. The lowest BCUT2D eigenvalue weighted by atomic mass is 10.1. The zero-order valence-corrected chi connectivity index (χ0v) is 8.08. The second-order valence-electron chi connectivity index (χ2n) is 3.21. The standard InChI is InChI=1S/C9H8N4O3/c10-7-4-12(15)6-3-1-2-5(9(11)14)8(6)13(7)16/h1-4H,10H2,(H2,11,14). The van der Waals surface area contributed by atoms with E-state index in [2.05, 4.69) is 0 Å². The highest BCUT2D eigenvalue weighted by molar-refractivity contribution is 6.02. The van der Waals surface area contributed by atoms with E-state index >= 15 is 0 Å². The number of carbonyl (C=O) groups is 1. The van der Waals surface area contributed by atoms with Crippen molar-refractivity contribution >= 4 is 22.8 Å². The van der Waals surface area contributed by atoms with E-state index in [0.717, 1.165) is 6.20 Å². The van der Waals surface area contributed by atoms with Gasteiger partial charge in [0, 0.05) is 6.07 Å². The molecule has 0 aliphatic heterocycles. The Hall–Kier alpha value is -2.57. The number of nitrogen functional groups attached to an aromatic ring is 1. The highest BCUT2D eigenvalue weighted by Gasteiger charge is 2.19. The van der Waals surface area contributed by atoms with Gasteiger partial charge in [0.1, 0.15) is 0 Å². The molecular formula is C9H8N4O3. The largest absolute Gasteiger partial charge is 0.710 e. The van der Waals surface area contributed by atoms with Crippen LogP contribution >= 0.6 is 0 Å². The van der Waals surface area contributed by atoms with Crippen molar-refractivity contribution < 1.29 is 14.3 Å². The molecule has 0 aliphatic carbocycles. The second kappa shape index (κ2) is 3.23. The minimum atomic E-state index is -0.791. The van der Waals surface area contributed by atoms with Crippen molar-refractivity contribution in [2.45, 2.75) is 0 Å². The normalized spacial score (nSPS) is 10.5. The van der Waals surface area contributed by atoms with Crippen molar-refractivity contribution in [2.75, 3.05) is 5.73 Å². The van der Waals surface area contributed by atoms with Crippen molar-refractivity contribution in [2.24, 2.45) is 5.73 Å². The van der Waals surface area contributed by atoms with Gasteiger partial charge < -0.3 is 16.1 Å². The van der Waals surface area contributed by atoms with Crippen LogP contribution in [0.2, 0.25) is 0 Å². The first kappa shape index (κ1) is 9.97. The fourth-order valence-corrected chi connectivity index (χ4v) is 1.49. The lowest BCUT2D eigenvalue weighted by Gasteiger charge is -2.10. The molecule has 1 aromatic heterocycles. The summed E-state index contributed by atoms with van der Waals surface area (Å²) in [6.07, 6.45) is 0.931. The summed E-state index contributed by atoms with van der Waals surface area (Å²) >= 11 is 0. The number of anilines is 1. The SMILES string of the molecule is NC(=O)c1cccc2c1[n+]([O-])c(N)c[n+]2[O-]. The first-order valence-electron chi connectivity index (χ1n) is 4.36. The van der Waals surface area contributed by atoms with E-state index in [4.69, 9.17) is 11.5 Å². The molecule has 7 heteroatoms. The van der Waals surface area contributed by atoms with E-state index in [1.165, 1.54) is 18.2 Å². The van der Waals surface area contributed by atoms with Gasteiger partial charge in [-0.15, -0.1) is 0 Å². The minimum Gasteiger partial charge on any atom is -0.710 e. The molecule has 7 nitrogen and oxygen atoms in total. The predicted octanol–water partition coefficient (Wildman–Crippen LogP) is -1.21. The third kappa shape index (κ3) is 1.26. The maximum atomic E-state index is 11.6. The molecule has 0 saturated heterocycles. The van der Waals surface area contributed by atoms with E-state index in [1.54, 1.807) is 0 Å². The number of rotatable bonds is 1. The zero-order chi connectivity index (χ0) is 11.9. The van der Waals surface area contributed by atoms with E-state index in [-0.39, 0.29) is 22.4 Å². The molecule has 2 aromatic rings. The van der Waals surface area contributed by atoms with Crippen LogP contribution in [0.1, 0.15) is 10.4 Å². The second-order valence-corrected chi connectivity index (χ2v) is 3.21. The summed E-state index contributed by atoms with van der Waals surface area (Å²) in [6.45, 7) is 0. The first-order valence-corrected chi connectivity index (χ1v) is 4.36. The Morgan fingerprint density at radius 2 is 2.00 bits per heavy atom. The fourth-order valence-electron chi connectivity index (χ4n) is 1.49. The minimum absolute atomic E-state index is 0.0376. The Morgan fingerprint density at radius 1 is 1.31 bits per heavy atom. The Balaban J connectivity index is 3.01. The number of hydrogen-bond acceptors (Lipinski definition) is 4. The number of para-hydroxylation sites is 1. The number of hydrogen-bond donors (Lipinski definition) is 2. The van der Waals surface area contributed by atoms with Gasteiger partial charge in [-0.1, -0.05) is 6.07 Å². The Labute approximate surface area is 89.7 Å². The van der Waals surface area contributed by atoms with Crippen LogP contribution in [0.15, 0.2) is 24.4 Å². The molecule has 0 atom stereocenters. The number of benzene rings is 1. The monoisotopic (exact) mass is 220 g/mol. The summed E-state index contributed by atoms with van der Waals surface area (Å²) in [7, 11) is 0. The summed E-state index contributed by atoms with van der Waals surface area (Å²) in [6, 6.07) is 4.23. The number of carbonyl (C=O) groups excluding carboxylic acids is 1. The van der Waals surface area contributed by atoms with Gasteiger partial charge >= 0.3 is 5.82 Å². The van der Waals surface area contributed by atoms with Gasteiger partial charge in [0.15, 0.2) is 0 Å². The van der Waals surface area contributed by atoms with Crippen LogP contribution in [0, 0.1) is 10.4 Å². The number of nitrogens with two attached hydrogens (primary N) is 2. The van der Waals surface area contributed by atoms with Gasteiger partial charge in [0.2, 0.25) is 5.52 Å². The maximum absolute atomic E-state index is 11.6. The molecule has 0 fully saturated rings. The summed E-state index contributed by atoms with van der Waals surface area (Å²) in [4.78, 5) is 11.1. The van der Waals surface area contributed by atoms with E-state index in [1.807, 2.05) is 0 Å². The lowest BCUT2D eigenvalue weighted by Crippen LogP contribution is -2.41. The fraction of sp³-hybridized carbons (Fsp3) is 0. The number of fused-ring (bicyclic) bond motifs is 1. The van der Waals surface area contributed by atoms with Crippen molar-refractivity contribution in [1.29, 1.82) is 0 Å². The average Bonchev–Trinajstić information content (AvgIpc) is 2.25. The van der Waals surface area contributed by atoms with E-state index in [0.29, 0.717) is 9.46 Å². The van der Waals surface area contributed by atoms with Gasteiger partial charge in [-0.2, -0.15) is 4.73 Å². The van der Waals surface area contributed by atoms with Crippen LogP contribution in [-0.2, 0) is 0 Å². The lowest BCUT2D eigenvalue weighted by molar-refractivity contribution is -0.618. The van der Waals surface area contributed by atoms with Gasteiger partial charge in [-0.3, -0.25) is 10.5 Å². The smallest absolute Gasteiger partial charge is 0.342 e. The van der Waals surface area contributed by atoms with Gasteiger partial charge in [0.05, 0.1) is 5.56 Å². The van der Waals surface area contributed by atoms with Crippen molar-refractivity contribution in [1.82, 2.24) is 0 Å². The number of amides is 1. The summed E-state index contributed by atoms with van der Waals surface area (Å²) in [5, 5.41) is 23.1. The zero-order valence-electron chi connectivity index (χ0n) is 8.08. The Bertz CT molecular complexity index is 597. The summed E-state index contributed by atoms with van der Waals surface area (Å²) in [5.41, 5.74) is 10.3. The van der Waals surface area contributed by atoms with Gasteiger partial charge in [0.25, 0.3) is 17.6 Å². The molecule has 2 rings (SSSR count). The number of aromatic nitrogens is 2. The molecule has 1 aromatic carbocycles. The van der Waals surface area contributed by atoms with Crippen LogP contribution < -0.4 is 20.9 Å². The maximum Gasteiger partial charge on any atom is 0.342 e. The third-order valence-electron chi connectivity index (χ3n) is 2.20. The molecule has 0 radical (unpaired) electrons. The molecule has 0 unspecified atom stereocenters. The molecular weight excluding hydrogens is 212 g/mol. The van der Waals surface area contributed by atoms with Crippen molar-refractivity contribution in [3.63, 3.8) is 0 Å². The number of nitrogens with zero attached hydrogens (tertiary/aromatic N) is 2. The molecule has 1 heterocycles. The van der Waals surface area contributed by atoms with Crippen LogP contribution in [0.25, 0.3) is 11.0 Å². The van der Waals surface area contributed by atoms with Crippen LogP contribution in [0.4, 0.5) is 5.82 Å². The van der Waals surface area contributed by atoms with E-state index < -0.39 is 5.91 Å². The molecule has 4 N–H and O–H groups in total. The quantitative estimate of drug-likeness (QED) is 0.462. The molecule has 0 saturated carbocycles. The van der Waals surface area contributed by atoms with Gasteiger partial charge in [-0.05, 0) is 6.07 Å². The van der Waals surface area contributed by atoms with Gasteiger partial charge in [-0.25, -0.2) is 4.73 Å². The van der Waals surface area contributed by atoms with Crippen LogP contribution in [-0.4, -0.2) is 5.91 Å². The average molecular weight is 220 g/mol. The first-order chi connectivity index (χ1) is 7.52. The van der Waals surface area contributed by atoms with Crippen molar-refractivity contribution in [3.05, 3.63) is 40.4 Å². The molecule has 0 aliphatic rings. The molecule has 1 amide bonds. The van der Waals surface area contributed by atoms with Crippen LogP contribution in [0.5, 0.6) is 0 Å². The Kier molecular flexibility index (Phi) is 2.01. The third-order valence-corrected chi connectivity index (χ3v) is 2.20. The molecule has 16 heavy (non-hydrogen) atoms. The molecule has 82 valence electrons. The predicted molar refractivity (Wildman–Crippen MR) is 54.8 cm³/mol. The summed E-state index contributed by atoms with van der Waals surface area (Å²) in [5.74, 6) is -1.09.